The molecule has 1 aromatic rings. The molecule has 0 bridgehead atoms. The molecule has 2 heteroatoms. The monoisotopic (exact) mass is 178 g/mol. The summed E-state index contributed by atoms with van der Waals surface area (Å²) < 4.78 is 0. The Labute approximate surface area is 80.4 Å². The van der Waals surface area contributed by atoms with Gasteiger partial charge in [-0.15, -0.1) is 0 Å². The first-order valence-corrected chi connectivity index (χ1v) is 4.97. The molecule has 0 aromatic carbocycles. The summed E-state index contributed by atoms with van der Waals surface area (Å²) in [5.74, 6) is 0.990. The van der Waals surface area contributed by atoms with Gasteiger partial charge in [0.1, 0.15) is 0 Å². The van der Waals surface area contributed by atoms with E-state index in [-0.39, 0.29) is 0 Å². The van der Waals surface area contributed by atoms with Crippen LogP contribution in [0.1, 0.15) is 57.3 Å². The van der Waals surface area contributed by atoms with Gasteiger partial charge in [-0.25, -0.2) is 0 Å². The molecule has 1 rings (SSSR count). The van der Waals surface area contributed by atoms with E-state index in [4.69, 9.17) is 0 Å². The Morgan fingerprint density at radius 1 is 1.08 bits per heavy atom. The molecule has 72 valence electrons. The first-order chi connectivity index (χ1) is 6.16. The topological polar surface area (TPSA) is 25.8 Å². The van der Waals surface area contributed by atoms with Crippen LogP contribution in [-0.2, 0) is 0 Å². The molecule has 1 unspecified atom stereocenters. The highest BCUT2D eigenvalue weighted by atomic mass is 14.8. The molecule has 0 saturated carbocycles. The van der Waals surface area contributed by atoms with Crippen molar-refractivity contribution in [2.75, 3.05) is 0 Å². The Bertz CT molecular complexity index is 269. The second-order valence-corrected chi connectivity index (χ2v) is 3.79. The van der Waals surface area contributed by atoms with Crippen LogP contribution in [0.3, 0.4) is 0 Å². The standard InChI is InChI=1S/C11H18N2/c1-5-9(4)11-10(8(2)3)12-6-7-13-11/h6-9H,5H2,1-4H3. The van der Waals surface area contributed by atoms with Gasteiger partial charge >= 0.3 is 0 Å². The lowest BCUT2D eigenvalue weighted by molar-refractivity contribution is 0.665. The lowest BCUT2D eigenvalue weighted by Gasteiger charge is -2.14. The van der Waals surface area contributed by atoms with Gasteiger partial charge in [0, 0.05) is 12.4 Å². The molecule has 2 nitrogen and oxygen atoms in total. The van der Waals surface area contributed by atoms with Crippen molar-refractivity contribution in [3.05, 3.63) is 23.8 Å². The normalized spacial score (nSPS) is 13.3. The number of hydrogen-bond acceptors (Lipinski definition) is 2. The summed E-state index contributed by atoms with van der Waals surface area (Å²) in [5.41, 5.74) is 2.32. The zero-order chi connectivity index (χ0) is 9.84. The van der Waals surface area contributed by atoms with Crippen LogP contribution in [-0.4, -0.2) is 9.97 Å². The van der Waals surface area contributed by atoms with Gasteiger partial charge in [0.15, 0.2) is 0 Å². The van der Waals surface area contributed by atoms with E-state index < -0.39 is 0 Å². The molecule has 1 atom stereocenters. The molecule has 13 heavy (non-hydrogen) atoms. The van der Waals surface area contributed by atoms with Crippen molar-refractivity contribution in [2.45, 2.75) is 46.0 Å². The molecule has 0 radical (unpaired) electrons. The predicted octanol–water partition coefficient (Wildman–Crippen LogP) is 3.11. The van der Waals surface area contributed by atoms with Gasteiger partial charge in [0.05, 0.1) is 11.4 Å². The quantitative estimate of drug-likeness (QED) is 0.710. The molecule has 0 aliphatic rings. The number of aromatic nitrogens is 2. The molecule has 0 spiro atoms. The minimum atomic E-state index is 0.470. The van der Waals surface area contributed by atoms with Gasteiger partial charge in [0.25, 0.3) is 0 Å². The van der Waals surface area contributed by atoms with Crippen LogP contribution in [0, 0.1) is 0 Å². The zero-order valence-corrected chi connectivity index (χ0v) is 8.91. The van der Waals surface area contributed by atoms with Crippen LogP contribution in [0.5, 0.6) is 0 Å². The average Bonchev–Trinajstić information content (AvgIpc) is 2.16. The Kier molecular flexibility index (Phi) is 3.40. The molecule has 0 amide bonds. The van der Waals surface area contributed by atoms with Gasteiger partial charge in [-0.05, 0) is 18.3 Å². The summed E-state index contributed by atoms with van der Waals surface area (Å²) >= 11 is 0. The average molecular weight is 178 g/mol. The van der Waals surface area contributed by atoms with Crippen molar-refractivity contribution >= 4 is 0 Å². The number of hydrogen-bond donors (Lipinski definition) is 0. The first-order valence-electron chi connectivity index (χ1n) is 4.97. The molecule has 0 N–H and O–H groups in total. The fourth-order valence-electron chi connectivity index (χ4n) is 1.38. The maximum Gasteiger partial charge on any atom is 0.0649 e. The largest absolute Gasteiger partial charge is 0.258 e. The summed E-state index contributed by atoms with van der Waals surface area (Å²) in [7, 11) is 0. The van der Waals surface area contributed by atoms with E-state index in [1.807, 2.05) is 0 Å². The van der Waals surface area contributed by atoms with E-state index >= 15 is 0 Å². The zero-order valence-electron chi connectivity index (χ0n) is 8.91. The van der Waals surface area contributed by atoms with Crippen LogP contribution >= 0.6 is 0 Å². The summed E-state index contributed by atoms with van der Waals surface area (Å²) in [5, 5.41) is 0. The van der Waals surface area contributed by atoms with E-state index in [2.05, 4.69) is 37.7 Å². The van der Waals surface area contributed by atoms with Crippen molar-refractivity contribution in [1.82, 2.24) is 9.97 Å². The van der Waals surface area contributed by atoms with Crippen LogP contribution in [0.4, 0.5) is 0 Å². The Morgan fingerprint density at radius 3 is 2.08 bits per heavy atom. The van der Waals surface area contributed by atoms with Crippen LogP contribution in [0.15, 0.2) is 12.4 Å². The second-order valence-electron chi connectivity index (χ2n) is 3.79. The van der Waals surface area contributed by atoms with Crippen molar-refractivity contribution in [3.63, 3.8) is 0 Å². The van der Waals surface area contributed by atoms with E-state index in [0.29, 0.717) is 11.8 Å². The highest BCUT2D eigenvalue weighted by molar-refractivity contribution is 5.17. The third-order valence-corrected chi connectivity index (χ3v) is 2.38. The van der Waals surface area contributed by atoms with Crippen LogP contribution < -0.4 is 0 Å². The molecular formula is C11H18N2. The minimum absolute atomic E-state index is 0.470. The van der Waals surface area contributed by atoms with Crippen molar-refractivity contribution < 1.29 is 0 Å². The van der Waals surface area contributed by atoms with Gasteiger partial charge in [-0.3, -0.25) is 9.97 Å². The van der Waals surface area contributed by atoms with Crippen molar-refractivity contribution in [1.29, 1.82) is 0 Å². The Hall–Kier alpha value is -0.920. The smallest absolute Gasteiger partial charge is 0.0649 e. The van der Waals surface area contributed by atoms with Gasteiger partial charge < -0.3 is 0 Å². The van der Waals surface area contributed by atoms with Crippen LogP contribution in [0.2, 0.25) is 0 Å². The van der Waals surface area contributed by atoms with E-state index in [1.165, 1.54) is 5.69 Å². The highest BCUT2D eigenvalue weighted by Gasteiger charge is 2.13. The highest BCUT2D eigenvalue weighted by Crippen LogP contribution is 2.23. The molecule has 0 aliphatic heterocycles. The van der Waals surface area contributed by atoms with Gasteiger partial charge in [-0.2, -0.15) is 0 Å². The Balaban J connectivity index is 3.04. The summed E-state index contributed by atoms with van der Waals surface area (Å²) in [6.07, 6.45) is 4.69. The molecule has 1 heterocycles. The summed E-state index contributed by atoms with van der Waals surface area (Å²) in [6, 6.07) is 0. The van der Waals surface area contributed by atoms with Crippen molar-refractivity contribution in [3.8, 4) is 0 Å². The molecule has 0 fully saturated rings. The SMILES string of the molecule is CCC(C)c1nccnc1C(C)C. The maximum atomic E-state index is 4.41. The van der Waals surface area contributed by atoms with E-state index in [9.17, 15) is 0 Å². The third kappa shape index (κ3) is 2.27. The maximum absolute atomic E-state index is 4.41. The third-order valence-electron chi connectivity index (χ3n) is 2.38. The molecule has 0 saturated heterocycles. The lowest BCUT2D eigenvalue weighted by atomic mass is 9.97. The molecule has 0 aliphatic carbocycles. The fourth-order valence-corrected chi connectivity index (χ4v) is 1.38. The minimum Gasteiger partial charge on any atom is -0.258 e. The van der Waals surface area contributed by atoms with E-state index in [0.717, 1.165) is 12.1 Å². The lowest BCUT2D eigenvalue weighted by Crippen LogP contribution is -2.05. The summed E-state index contributed by atoms with van der Waals surface area (Å²) in [4.78, 5) is 8.79. The predicted molar refractivity (Wildman–Crippen MR) is 54.8 cm³/mol. The first kappa shape index (κ1) is 10.2. The molecule has 1 aromatic heterocycles. The summed E-state index contributed by atoms with van der Waals surface area (Å²) in [6.45, 7) is 8.71. The Morgan fingerprint density at radius 2 is 1.62 bits per heavy atom. The fraction of sp³-hybridized carbons (Fsp3) is 0.636. The second kappa shape index (κ2) is 4.35. The van der Waals surface area contributed by atoms with Gasteiger partial charge in [-0.1, -0.05) is 27.7 Å². The molecular weight excluding hydrogens is 160 g/mol. The van der Waals surface area contributed by atoms with E-state index in [1.54, 1.807) is 12.4 Å². The number of nitrogens with zero attached hydrogens (tertiary/aromatic N) is 2. The van der Waals surface area contributed by atoms with Crippen LogP contribution in [0.25, 0.3) is 0 Å². The number of rotatable bonds is 3. The van der Waals surface area contributed by atoms with Gasteiger partial charge in [0.2, 0.25) is 0 Å². The van der Waals surface area contributed by atoms with Crippen molar-refractivity contribution in [2.24, 2.45) is 0 Å².